The molecule has 4 nitrogen and oxygen atoms in total. The van der Waals surface area contributed by atoms with Crippen molar-refractivity contribution < 1.29 is 4.74 Å². The van der Waals surface area contributed by atoms with Crippen LogP contribution in [-0.2, 0) is 13.1 Å². The molecule has 0 heterocycles. The minimum Gasteiger partial charge on any atom is -0.491 e. The number of ether oxygens (including phenoxy) is 1. The topological polar surface area (TPSA) is 45.7 Å². The van der Waals surface area contributed by atoms with E-state index >= 15 is 0 Å². The highest BCUT2D eigenvalue weighted by Crippen LogP contribution is 2.14. The number of nitrogens with one attached hydrogen (secondary N) is 2. The average Bonchev–Trinajstić information content (AvgIpc) is 2.56. The van der Waals surface area contributed by atoms with Crippen LogP contribution in [0.1, 0.15) is 30.5 Å². The van der Waals surface area contributed by atoms with E-state index in [2.05, 4.69) is 58.9 Å². The number of benzene rings is 2. The van der Waals surface area contributed by atoms with Gasteiger partial charge in [0, 0.05) is 20.1 Å². The SMILES string of the molecule is CN=C(NCc1cccc(OC(C)C)c1)NCc1ccccc1C. The van der Waals surface area contributed by atoms with Gasteiger partial charge in [0.15, 0.2) is 5.96 Å². The normalized spacial score (nSPS) is 11.5. The summed E-state index contributed by atoms with van der Waals surface area (Å²) in [4.78, 5) is 4.28. The number of hydrogen-bond donors (Lipinski definition) is 2. The van der Waals surface area contributed by atoms with Crippen molar-refractivity contribution in [1.29, 1.82) is 0 Å². The van der Waals surface area contributed by atoms with Crippen molar-refractivity contribution in [1.82, 2.24) is 10.6 Å². The Morgan fingerprint density at radius 1 is 1.04 bits per heavy atom. The van der Waals surface area contributed by atoms with Crippen molar-refractivity contribution in [2.24, 2.45) is 4.99 Å². The van der Waals surface area contributed by atoms with Crippen LogP contribution in [-0.4, -0.2) is 19.1 Å². The van der Waals surface area contributed by atoms with E-state index in [-0.39, 0.29) is 6.10 Å². The molecule has 2 aromatic rings. The van der Waals surface area contributed by atoms with Crippen LogP contribution in [0, 0.1) is 6.92 Å². The molecule has 128 valence electrons. The van der Waals surface area contributed by atoms with Crippen molar-refractivity contribution in [3.8, 4) is 5.75 Å². The van der Waals surface area contributed by atoms with Gasteiger partial charge < -0.3 is 15.4 Å². The summed E-state index contributed by atoms with van der Waals surface area (Å²) in [6.07, 6.45) is 0.178. The van der Waals surface area contributed by atoms with Gasteiger partial charge in [0.2, 0.25) is 0 Å². The predicted molar refractivity (Wildman–Crippen MR) is 100 cm³/mol. The van der Waals surface area contributed by atoms with Crippen molar-refractivity contribution in [3.63, 3.8) is 0 Å². The minimum atomic E-state index is 0.178. The van der Waals surface area contributed by atoms with Gasteiger partial charge in [-0.05, 0) is 49.6 Å². The third-order valence-corrected chi connectivity index (χ3v) is 3.66. The second kappa shape index (κ2) is 8.96. The Morgan fingerprint density at radius 3 is 2.50 bits per heavy atom. The third-order valence-electron chi connectivity index (χ3n) is 3.66. The van der Waals surface area contributed by atoms with Crippen LogP contribution in [0.5, 0.6) is 5.75 Å². The molecule has 0 aliphatic heterocycles. The van der Waals surface area contributed by atoms with E-state index in [4.69, 9.17) is 4.74 Å². The zero-order valence-electron chi connectivity index (χ0n) is 15.0. The van der Waals surface area contributed by atoms with Gasteiger partial charge in [-0.15, -0.1) is 0 Å². The zero-order chi connectivity index (χ0) is 17.4. The number of rotatable bonds is 6. The lowest BCUT2D eigenvalue weighted by Gasteiger charge is -2.14. The highest BCUT2D eigenvalue weighted by atomic mass is 16.5. The molecule has 0 aliphatic carbocycles. The number of guanidine groups is 1. The van der Waals surface area contributed by atoms with E-state index in [0.29, 0.717) is 6.54 Å². The lowest BCUT2D eigenvalue weighted by molar-refractivity contribution is 0.242. The number of nitrogens with zero attached hydrogens (tertiary/aromatic N) is 1. The van der Waals surface area contributed by atoms with E-state index in [9.17, 15) is 0 Å². The molecule has 0 bridgehead atoms. The quantitative estimate of drug-likeness (QED) is 0.629. The Morgan fingerprint density at radius 2 is 1.79 bits per heavy atom. The van der Waals surface area contributed by atoms with Crippen LogP contribution in [0.3, 0.4) is 0 Å². The summed E-state index contributed by atoms with van der Waals surface area (Å²) in [6, 6.07) is 16.5. The van der Waals surface area contributed by atoms with Gasteiger partial charge in [-0.3, -0.25) is 4.99 Å². The molecule has 0 radical (unpaired) electrons. The van der Waals surface area contributed by atoms with Gasteiger partial charge in [0.05, 0.1) is 6.10 Å². The van der Waals surface area contributed by atoms with E-state index in [1.54, 1.807) is 7.05 Å². The Balaban J connectivity index is 1.89. The first-order chi connectivity index (χ1) is 11.6. The second-order valence-electron chi connectivity index (χ2n) is 6.02. The first-order valence-corrected chi connectivity index (χ1v) is 8.33. The van der Waals surface area contributed by atoms with Crippen LogP contribution < -0.4 is 15.4 Å². The van der Waals surface area contributed by atoms with Crippen LogP contribution in [0.2, 0.25) is 0 Å². The molecule has 0 amide bonds. The Kier molecular flexibility index (Phi) is 6.67. The molecule has 0 saturated heterocycles. The van der Waals surface area contributed by atoms with E-state index in [1.165, 1.54) is 11.1 Å². The van der Waals surface area contributed by atoms with Crippen LogP contribution in [0.4, 0.5) is 0 Å². The lowest BCUT2D eigenvalue weighted by atomic mass is 10.1. The number of aryl methyl sites for hydroxylation is 1. The summed E-state index contributed by atoms with van der Waals surface area (Å²) >= 11 is 0. The average molecular weight is 325 g/mol. The first-order valence-electron chi connectivity index (χ1n) is 8.33. The molecule has 0 atom stereocenters. The molecule has 2 rings (SSSR count). The van der Waals surface area contributed by atoms with Gasteiger partial charge >= 0.3 is 0 Å². The van der Waals surface area contributed by atoms with E-state index < -0.39 is 0 Å². The molecule has 24 heavy (non-hydrogen) atoms. The Bertz CT molecular complexity index is 680. The van der Waals surface area contributed by atoms with Gasteiger partial charge in [-0.25, -0.2) is 0 Å². The molecule has 2 aromatic carbocycles. The molecule has 2 N–H and O–H groups in total. The zero-order valence-corrected chi connectivity index (χ0v) is 15.0. The lowest BCUT2D eigenvalue weighted by Crippen LogP contribution is -2.36. The smallest absolute Gasteiger partial charge is 0.191 e. The third kappa shape index (κ3) is 5.61. The number of hydrogen-bond acceptors (Lipinski definition) is 2. The summed E-state index contributed by atoms with van der Waals surface area (Å²) in [6.45, 7) is 7.63. The molecule has 0 saturated carbocycles. The Labute approximate surface area is 145 Å². The molecule has 0 aromatic heterocycles. The monoisotopic (exact) mass is 325 g/mol. The van der Waals surface area contributed by atoms with Gasteiger partial charge in [-0.1, -0.05) is 36.4 Å². The standard InChI is InChI=1S/C20H27N3O/c1-15(2)24-19-11-7-9-17(12-19)13-22-20(21-4)23-14-18-10-6-5-8-16(18)3/h5-12,15H,13-14H2,1-4H3,(H2,21,22,23). The van der Waals surface area contributed by atoms with Gasteiger partial charge in [-0.2, -0.15) is 0 Å². The van der Waals surface area contributed by atoms with Crippen LogP contribution in [0.25, 0.3) is 0 Å². The van der Waals surface area contributed by atoms with Crippen molar-refractivity contribution >= 4 is 5.96 Å². The molecule has 0 aliphatic rings. The summed E-state index contributed by atoms with van der Waals surface area (Å²) < 4.78 is 5.73. The van der Waals surface area contributed by atoms with Crippen LogP contribution >= 0.6 is 0 Å². The van der Waals surface area contributed by atoms with Gasteiger partial charge in [0.25, 0.3) is 0 Å². The van der Waals surface area contributed by atoms with Crippen molar-refractivity contribution in [3.05, 3.63) is 65.2 Å². The summed E-state index contributed by atoms with van der Waals surface area (Å²) in [5.41, 5.74) is 3.71. The summed E-state index contributed by atoms with van der Waals surface area (Å²) in [5.74, 6) is 1.68. The maximum atomic E-state index is 5.73. The van der Waals surface area contributed by atoms with Crippen LogP contribution in [0.15, 0.2) is 53.5 Å². The first kappa shape index (κ1) is 17.9. The Hall–Kier alpha value is -2.49. The maximum absolute atomic E-state index is 5.73. The second-order valence-corrected chi connectivity index (χ2v) is 6.02. The molecule has 0 spiro atoms. The molecular formula is C20H27N3O. The fourth-order valence-corrected chi connectivity index (χ4v) is 2.39. The molecule has 0 fully saturated rings. The fraction of sp³-hybridized carbons (Fsp3) is 0.350. The summed E-state index contributed by atoms with van der Waals surface area (Å²) in [7, 11) is 1.78. The highest BCUT2D eigenvalue weighted by molar-refractivity contribution is 5.79. The minimum absolute atomic E-state index is 0.178. The highest BCUT2D eigenvalue weighted by Gasteiger charge is 2.03. The van der Waals surface area contributed by atoms with Crippen molar-refractivity contribution in [2.45, 2.75) is 40.0 Å². The molecule has 4 heteroatoms. The van der Waals surface area contributed by atoms with Crippen molar-refractivity contribution in [2.75, 3.05) is 7.05 Å². The maximum Gasteiger partial charge on any atom is 0.191 e. The molecule has 0 unspecified atom stereocenters. The fourth-order valence-electron chi connectivity index (χ4n) is 2.39. The van der Waals surface area contributed by atoms with E-state index in [0.717, 1.165) is 23.8 Å². The predicted octanol–water partition coefficient (Wildman–Crippen LogP) is 3.65. The molecular weight excluding hydrogens is 298 g/mol. The largest absolute Gasteiger partial charge is 0.491 e. The number of aliphatic imine (C=N–C) groups is 1. The van der Waals surface area contributed by atoms with Gasteiger partial charge in [0.1, 0.15) is 5.75 Å². The summed E-state index contributed by atoms with van der Waals surface area (Å²) in [5, 5.41) is 6.69. The van der Waals surface area contributed by atoms with E-state index in [1.807, 2.05) is 26.0 Å².